The summed E-state index contributed by atoms with van der Waals surface area (Å²) in [6.07, 6.45) is 0. The predicted molar refractivity (Wildman–Crippen MR) is 80.1 cm³/mol. The topological polar surface area (TPSA) is 69.1 Å². The van der Waals surface area contributed by atoms with Crippen molar-refractivity contribution in [2.45, 2.75) is 17.6 Å². The van der Waals surface area contributed by atoms with E-state index in [2.05, 4.69) is 0 Å². The quantitative estimate of drug-likeness (QED) is 0.664. The van der Waals surface area contributed by atoms with E-state index in [1.165, 1.54) is 0 Å². The fourth-order valence-electron chi connectivity index (χ4n) is 1.79. The summed E-state index contributed by atoms with van der Waals surface area (Å²) in [5, 5.41) is 0. The van der Waals surface area contributed by atoms with Gasteiger partial charge in [0.1, 0.15) is 0 Å². The fraction of sp³-hybridized carbons (Fsp3) is 0.133. The van der Waals surface area contributed by atoms with Gasteiger partial charge in [0.25, 0.3) is 0 Å². The maximum Gasteiger partial charge on any atom is 0.249 e. The van der Waals surface area contributed by atoms with E-state index in [0.717, 1.165) is 21.7 Å². The van der Waals surface area contributed by atoms with Gasteiger partial charge in [-0.05, 0) is 42.3 Å². The summed E-state index contributed by atoms with van der Waals surface area (Å²) in [7, 11) is 0. The van der Waals surface area contributed by atoms with Crippen LogP contribution in [0.3, 0.4) is 0 Å². The van der Waals surface area contributed by atoms with Crippen LogP contribution >= 0.6 is 11.8 Å². The summed E-state index contributed by atoms with van der Waals surface area (Å²) in [6, 6.07) is 13.4. The first-order valence-corrected chi connectivity index (χ1v) is 6.93. The summed E-state index contributed by atoms with van der Waals surface area (Å²) in [6.45, 7) is 1.98. The van der Waals surface area contributed by atoms with Gasteiger partial charge < -0.3 is 11.5 Å². The third-order valence-corrected chi connectivity index (χ3v) is 3.96. The molecule has 0 aliphatic rings. The Hall–Kier alpha value is -1.94. The molecule has 0 spiro atoms. The second kappa shape index (κ2) is 5.80. The molecule has 2 rings (SSSR count). The molecule has 98 valence electrons. The largest absolute Gasteiger partial charge is 0.399 e. The smallest absolute Gasteiger partial charge is 0.249 e. The zero-order valence-corrected chi connectivity index (χ0v) is 11.5. The summed E-state index contributed by atoms with van der Waals surface area (Å²) in [5.74, 6) is 0.326. The highest BCUT2D eigenvalue weighted by Gasteiger charge is 2.07. The van der Waals surface area contributed by atoms with Crippen molar-refractivity contribution in [3.63, 3.8) is 0 Å². The first-order chi connectivity index (χ1) is 9.08. The molecule has 4 heteroatoms. The van der Waals surface area contributed by atoms with Gasteiger partial charge in [-0.25, -0.2) is 0 Å². The van der Waals surface area contributed by atoms with Crippen LogP contribution in [0, 0.1) is 6.92 Å². The van der Waals surface area contributed by atoms with Crippen molar-refractivity contribution in [3.05, 3.63) is 59.2 Å². The van der Waals surface area contributed by atoms with Crippen molar-refractivity contribution in [1.82, 2.24) is 0 Å². The van der Waals surface area contributed by atoms with E-state index in [0.29, 0.717) is 11.3 Å². The predicted octanol–water partition coefficient (Wildman–Crippen LogP) is 2.97. The number of anilines is 1. The van der Waals surface area contributed by atoms with Gasteiger partial charge >= 0.3 is 0 Å². The molecule has 0 aromatic heterocycles. The van der Waals surface area contributed by atoms with Crippen molar-refractivity contribution in [2.24, 2.45) is 5.73 Å². The van der Waals surface area contributed by atoms with Gasteiger partial charge in [0.15, 0.2) is 0 Å². The Balaban J connectivity index is 2.14. The second-order valence-corrected chi connectivity index (χ2v) is 5.38. The fourth-order valence-corrected chi connectivity index (χ4v) is 2.78. The molecule has 0 fully saturated rings. The zero-order chi connectivity index (χ0) is 13.8. The second-order valence-electron chi connectivity index (χ2n) is 4.33. The number of rotatable bonds is 4. The Bertz CT molecular complexity index is 611. The van der Waals surface area contributed by atoms with Gasteiger partial charge in [0, 0.05) is 21.9 Å². The van der Waals surface area contributed by atoms with Crippen LogP contribution in [0.1, 0.15) is 21.5 Å². The number of carbonyl (C=O) groups is 1. The highest BCUT2D eigenvalue weighted by molar-refractivity contribution is 7.98. The highest BCUT2D eigenvalue weighted by Crippen LogP contribution is 2.26. The lowest BCUT2D eigenvalue weighted by Gasteiger charge is -2.07. The van der Waals surface area contributed by atoms with Crippen LogP contribution in [0.4, 0.5) is 5.69 Å². The number of hydrogen-bond donors (Lipinski definition) is 2. The summed E-state index contributed by atoms with van der Waals surface area (Å²) >= 11 is 1.66. The average Bonchev–Trinajstić information content (AvgIpc) is 2.40. The van der Waals surface area contributed by atoms with Crippen LogP contribution in [-0.4, -0.2) is 5.91 Å². The molecule has 0 unspecified atom stereocenters. The van der Waals surface area contributed by atoms with Crippen molar-refractivity contribution < 1.29 is 4.79 Å². The molecular weight excluding hydrogens is 256 g/mol. The first kappa shape index (κ1) is 13.5. The molecule has 0 aliphatic carbocycles. The molecule has 0 saturated carbocycles. The maximum absolute atomic E-state index is 11.3. The Morgan fingerprint density at radius 3 is 2.63 bits per heavy atom. The molecule has 0 atom stereocenters. The molecule has 2 aromatic rings. The van der Waals surface area contributed by atoms with Crippen LogP contribution in [0.25, 0.3) is 0 Å². The number of nitrogens with two attached hydrogens (primary N) is 2. The molecule has 0 heterocycles. The van der Waals surface area contributed by atoms with Crippen molar-refractivity contribution in [2.75, 3.05) is 5.73 Å². The van der Waals surface area contributed by atoms with E-state index in [-0.39, 0.29) is 5.91 Å². The minimum Gasteiger partial charge on any atom is -0.399 e. The van der Waals surface area contributed by atoms with Gasteiger partial charge in [0.05, 0.1) is 0 Å². The van der Waals surface area contributed by atoms with Crippen molar-refractivity contribution in [1.29, 1.82) is 0 Å². The van der Waals surface area contributed by atoms with Crippen molar-refractivity contribution >= 4 is 23.4 Å². The first-order valence-electron chi connectivity index (χ1n) is 5.94. The van der Waals surface area contributed by atoms with Crippen LogP contribution in [0.15, 0.2) is 47.4 Å². The maximum atomic E-state index is 11.3. The average molecular weight is 272 g/mol. The van der Waals surface area contributed by atoms with E-state index in [9.17, 15) is 4.79 Å². The van der Waals surface area contributed by atoms with E-state index in [1.807, 2.05) is 43.3 Å². The number of amides is 1. The lowest BCUT2D eigenvalue weighted by Crippen LogP contribution is -2.13. The van der Waals surface area contributed by atoms with Crippen LogP contribution in [0.2, 0.25) is 0 Å². The normalized spacial score (nSPS) is 10.4. The summed E-state index contributed by atoms with van der Waals surface area (Å²) in [5.41, 5.74) is 14.5. The van der Waals surface area contributed by atoms with Crippen LogP contribution in [-0.2, 0) is 5.75 Å². The van der Waals surface area contributed by atoms with E-state index in [4.69, 9.17) is 11.5 Å². The van der Waals surface area contributed by atoms with E-state index in [1.54, 1.807) is 17.8 Å². The summed E-state index contributed by atoms with van der Waals surface area (Å²) in [4.78, 5) is 12.5. The Labute approximate surface area is 117 Å². The third kappa shape index (κ3) is 3.29. The van der Waals surface area contributed by atoms with E-state index >= 15 is 0 Å². The third-order valence-electron chi connectivity index (χ3n) is 2.92. The SMILES string of the molecule is Cc1cc(SCc2ccccc2C(N)=O)ccc1N. The molecular formula is C15H16N2OS. The van der Waals surface area contributed by atoms with Crippen LogP contribution < -0.4 is 11.5 Å². The zero-order valence-electron chi connectivity index (χ0n) is 10.7. The number of primary amides is 1. The van der Waals surface area contributed by atoms with Gasteiger partial charge in [0.2, 0.25) is 5.91 Å². The van der Waals surface area contributed by atoms with Crippen LogP contribution in [0.5, 0.6) is 0 Å². The van der Waals surface area contributed by atoms with Crippen molar-refractivity contribution in [3.8, 4) is 0 Å². The monoisotopic (exact) mass is 272 g/mol. The molecule has 0 saturated heterocycles. The lowest BCUT2D eigenvalue weighted by molar-refractivity contribution is 0.0999. The number of hydrogen-bond acceptors (Lipinski definition) is 3. The number of carbonyl (C=O) groups excluding carboxylic acids is 1. The molecule has 1 amide bonds. The van der Waals surface area contributed by atoms with Gasteiger partial charge in [-0.3, -0.25) is 4.79 Å². The Morgan fingerprint density at radius 1 is 1.21 bits per heavy atom. The van der Waals surface area contributed by atoms with Gasteiger partial charge in [-0.15, -0.1) is 11.8 Å². The minimum atomic E-state index is -0.385. The highest BCUT2D eigenvalue weighted by atomic mass is 32.2. The lowest BCUT2D eigenvalue weighted by atomic mass is 10.1. The number of thioether (sulfide) groups is 1. The molecule has 0 radical (unpaired) electrons. The molecule has 0 bridgehead atoms. The standard InChI is InChI=1S/C15H16N2OS/c1-10-8-12(6-7-14(10)16)19-9-11-4-2-3-5-13(11)15(17)18/h2-8H,9,16H2,1H3,(H2,17,18). The molecule has 2 aromatic carbocycles. The molecule has 3 nitrogen and oxygen atoms in total. The Morgan fingerprint density at radius 2 is 1.95 bits per heavy atom. The number of aryl methyl sites for hydroxylation is 1. The molecule has 4 N–H and O–H groups in total. The van der Waals surface area contributed by atoms with Gasteiger partial charge in [-0.1, -0.05) is 18.2 Å². The number of nitrogen functional groups attached to an aromatic ring is 1. The van der Waals surface area contributed by atoms with Gasteiger partial charge in [-0.2, -0.15) is 0 Å². The molecule has 0 aliphatic heterocycles. The minimum absolute atomic E-state index is 0.385. The Kier molecular flexibility index (Phi) is 4.12. The van der Waals surface area contributed by atoms with E-state index < -0.39 is 0 Å². The molecule has 19 heavy (non-hydrogen) atoms. The summed E-state index contributed by atoms with van der Waals surface area (Å²) < 4.78 is 0. The number of benzene rings is 2.